The Balaban J connectivity index is 1.57. The predicted octanol–water partition coefficient (Wildman–Crippen LogP) is 6.60. The largest absolute Gasteiger partial charge is 0.378 e. The van der Waals surface area contributed by atoms with Gasteiger partial charge in [0.05, 0.1) is 5.57 Å². The number of aliphatic hydroxyl groups is 1. The SMILES string of the molecule is CCCCNC(O)[C@]12CCC(C)(C)CC1C1C(=O)C[C@@H]3[C@@]4(C)C=C(C#N)C(=O)[C@@H](C)[C@@H]4CC[C@@]3(C)[C@]1(C)CC2. The number of fused-ring (bicyclic) bond motifs is 7. The first-order chi connectivity index (χ1) is 18.2. The highest BCUT2D eigenvalue weighted by atomic mass is 16.3. The van der Waals surface area contributed by atoms with E-state index in [2.05, 4.69) is 52.9 Å². The Labute approximate surface area is 236 Å². The second kappa shape index (κ2) is 9.52. The van der Waals surface area contributed by atoms with E-state index in [4.69, 9.17) is 0 Å². The molecule has 39 heavy (non-hydrogen) atoms. The van der Waals surface area contributed by atoms with Gasteiger partial charge in [-0.3, -0.25) is 14.9 Å². The molecule has 0 heterocycles. The van der Waals surface area contributed by atoms with Crippen LogP contribution in [0.5, 0.6) is 0 Å². The van der Waals surface area contributed by atoms with Crippen molar-refractivity contribution in [2.75, 3.05) is 6.54 Å². The average molecular weight is 537 g/mol. The summed E-state index contributed by atoms with van der Waals surface area (Å²) in [5.41, 5.74) is -0.382. The highest BCUT2D eigenvalue weighted by Crippen LogP contribution is 2.75. The van der Waals surface area contributed by atoms with Gasteiger partial charge in [-0.1, -0.05) is 61.0 Å². The van der Waals surface area contributed by atoms with E-state index in [-0.39, 0.29) is 62.4 Å². The van der Waals surface area contributed by atoms with E-state index in [9.17, 15) is 20.0 Å². The molecule has 4 fully saturated rings. The average Bonchev–Trinajstić information content (AvgIpc) is 2.87. The fraction of sp³-hybridized carbons (Fsp3) is 0.853. The number of nitrogens with one attached hydrogen (secondary N) is 1. The Morgan fingerprint density at radius 1 is 1.05 bits per heavy atom. The van der Waals surface area contributed by atoms with Gasteiger partial charge in [-0.2, -0.15) is 5.26 Å². The van der Waals surface area contributed by atoms with E-state index >= 15 is 0 Å². The van der Waals surface area contributed by atoms with Crippen LogP contribution in [0.15, 0.2) is 11.6 Å². The third-order valence-electron chi connectivity index (χ3n) is 13.6. The number of ketones is 2. The molecule has 4 saturated carbocycles. The molecule has 0 amide bonds. The lowest BCUT2D eigenvalue weighted by atomic mass is 9.32. The lowest BCUT2D eigenvalue weighted by molar-refractivity contribution is -0.234. The standard InChI is InChI=1S/C34H52N2O3/c1-8-9-16-36-29(39)34-14-12-30(3,4)19-24(34)27-25(37)17-26-31(5)18-22(20-35)28(38)21(2)23(31)10-11-32(26,6)33(27,7)13-15-34/h18,21,23-24,26-27,29,36,39H,8-17,19H2,1-7H3/t21-,23-,24?,26+,27?,29?,31-,32+,33+,34-/m0/s1. The molecule has 10 atom stereocenters. The molecule has 2 N–H and O–H groups in total. The van der Waals surface area contributed by atoms with Crippen LogP contribution in [0, 0.1) is 68.0 Å². The molecule has 0 aliphatic heterocycles. The first-order valence-electron chi connectivity index (χ1n) is 15.8. The number of hydrogen-bond donors (Lipinski definition) is 2. The quantitative estimate of drug-likeness (QED) is 0.305. The topological polar surface area (TPSA) is 90.2 Å². The number of rotatable bonds is 5. The van der Waals surface area contributed by atoms with Crippen molar-refractivity contribution < 1.29 is 14.7 Å². The number of hydrogen-bond acceptors (Lipinski definition) is 5. The van der Waals surface area contributed by atoms with E-state index in [1.165, 1.54) is 0 Å². The fourth-order valence-corrected chi connectivity index (χ4v) is 11.1. The van der Waals surface area contributed by atoms with Crippen LogP contribution in [-0.2, 0) is 9.59 Å². The molecule has 5 heteroatoms. The zero-order chi connectivity index (χ0) is 28.6. The fourth-order valence-electron chi connectivity index (χ4n) is 11.1. The third kappa shape index (κ3) is 3.98. The smallest absolute Gasteiger partial charge is 0.176 e. The van der Waals surface area contributed by atoms with Gasteiger partial charge in [0.1, 0.15) is 18.1 Å². The summed E-state index contributed by atoms with van der Waals surface area (Å²) in [6.07, 6.45) is 11.0. The molecule has 0 radical (unpaired) electrons. The molecule has 5 rings (SSSR count). The van der Waals surface area contributed by atoms with Crippen LogP contribution in [0.25, 0.3) is 0 Å². The number of aliphatic hydroxyl groups excluding tert-OH is 1. The first kappa shape index (κ1) is 29.0. The molecule has 0 aromatic heterocycles. The molecule has 0 bridgehead atoms. The highest BCUT2D eigenvalue weighted by molar-refractivity contribution is 6.01. The minimum atomic E-state index is -0.576. The van der Waals surface area contributed by atoms with Crippen LogP contribution in [0.3, 0.4) is 0 Å². The van der Waals surface area contributed by atoms with Gasteiger partial charge in [0.2, 0.25) is 0 Å². The summed E-state index contributed by atoms with van der Waals surface area (Å²) in [4.78, 5) is 27.6. The Kier molecular flexibility index (Phi) is 7.08. The van der Waals surface area contributed by atoms with Crippen molar-refractivity contribution in [3.63, 3.8) is 0 Å². The zero-order valence-electron chi connectivity index (χ0n) is 25.5. The number of allylic oxidation sites excluding steroid dienone is 2. The second-order valence-electron chi connectivity index (χ2n) is 15.8. The molecule has 5 aliphatic carbocycles. The van der Waals surface area contributed by atoms with E-state index in [0.29, 0.717) is 17.8 Å². The number of nitriles is 1. The Morgan fingerprint density at radius 3 is 2.41 bits per heavy atom. The molecule has 5 nitrogen and oxygen atoms in total. The van der Waals surface area contributed by atoms with Crippen molar-refractivity contribution in [2.45, 2.75) is 119 Å². The zero-order valence-corrected chi connectivity index (χ0v) is 25.5. The maximum atomic E-state index is 14.6. The number of carbonyl (C=O) groups is 2. The lowest BCUT2D eigenvalue weighted by Gasteiger charge is -2.71. The maximum absolute atomic E-state index is 14.6. The summed E-state index contributed by atoms with van der Waals surface area (Å²) >= 11 is 0. The summed E-state index contributed by atoms with van der Waals surface area (Å²) in [7, 11) is 0. The third-order valence-corrected chi connectivity index (χ3v) is 13.6. The summed E-state index contributed by atoms with van der Waals surface area (Å²) in [5.74, 6) is 0.565. The van der Waals surface area contributed by atoms with E-state index in [1.54, 1.807) is 0 Å². The van der Waals surface area contributed by atoms with Gasteiger partial charge in [-0.25, -0.2) is 0 Å². The lowest BCUT2D eigenvalue weighted by Crippen LogP contribution is -2.69. The van der Waals surface area contributed by atoms with Crippen molar-refractivity contribution in [1.82, 2.24) is 5.32 Å². The molecule has 216 valence electrons. The second-order valence-corrected chi connectivity index (χ2v) is 15.8. The van der Waals surface area contributed by atoms with Crippen molar-refractivity contribution >= 4 is 11.6 Å². The van der Waals surface area contributed by atoms with E-state index in [1.807, 2.05) is 13.0 Å². The summed E-state index contributed by atoms with van der Waals surface area (Å²) in [6.45, 7) is 16.8. The van der Waals surface area contributed by atoms with Crippen molar-refractivity contribution in [2.24, 2.45) is 56.7 Å². The minimum absolute atomic E-state index is 0.0220. The molecule has 0 spiro atoms. The Bertz CT molecular complexity index is 1100. The van der Waals surface area contributed by atoms with Crippen molar-refractivity contribution in [1.29, 1.82) is 5.26 Å². The van der Waals surface area contributed by atoms with Gasteiger partial charge in [0.25, 0.3) is 0 Å². The van der Waals surface area contributed by atoms with E-state index < -0.39 is 6.23 Å². The highest BCUT2D eigenvalue weighted by Gasteiger charge is 2.72. The normalized spacial score (nSPS) is 47.6. The number of nitrogens with zero attached hydrogens (tertiary/aromatic N) is 1. The molecule has 0 aromatic carbocycles. The Morgan fingerprint density at radius 2 is 1.74 bits per heavy atom. The van der Waals surface area contributed by atoms with Gasteiger partial charge in [-0.15, -0.1) is 0 Å². The van der Waals surface area contributed by atoms with E-state index in [0.717, 1.165) is 64.3 Å². The van der Waals surface area contributed by atoms with Gasteiger partial charge >= 0.3 is 0 Å². The molecular formula is C34H52N2O3. The number of carbonyl (C=O) groups excluding carboxylic acids is 2. The van der Waals surface area contributed by atoms with Gasteiger partial charge in [-0.05, 0) is 97.3 Å². The minimum Gasteiger partial charge on any atom is -0.378 e. The summed E-state index contributed by atoms with van der Waals surface area (Å²) in [5, 5.41) is 25.1. The van der Waals surface area contributed by atoms with Crippen LogP contribution in [-0.4, -0.2) is 29.4 Å². The summed E-state index contributed by atoms with van der Waals surface area (Å²) < 4.78 is 0. The maximum Gasteiger partial charge on any atom is 0.176 e. The molecule has 3 unspecified atom stereocenters. The molecular weight excluding hydrogens is 484 g/mol. The van der Waals surface area contributed by atoms with Gasteiger partial charge in [0.15, 0.2) is 5.78 Å². The van der Waals surface area contributed by atoms with Crippen molar-refractivity contribution in [3.8, 4) is 6.07 Å². The number of unbranched alkanes of at least 4 members (excludes halogenated alkanes) is 1. The molecule has 0 aromatic rings. The Hall–Kier alpha value is -1.51. The number of Topliss-reactive ketones (excluding diaryl/α,β-unsaturated/α-hetero) is 2. The van der Waals surface area contributed by atoms with Crippen LogP contribution in [0.4, 0.5) is 0 Å². The van der Waals surface area contributed by atoms with Gasteiger partial charge < -0.3 is 5.11 Å². The van der Waals surface area contributed by atoms with Crippen LogP contribution in [0.2, 0.25) is 0 Å². The first-order valence-corrected chi connectivity index (χ1v) is 15.8. The molecule has 0 saturated heterocycles. The summed E-state index contributed by atoms with van der Waals surface area (Å²) in [6, 6.07) is 2.20. The van der Waals surface area contributed by atoms with Crippen LogP contribution < -0.4 is 5.32 Å². The molecule has 5 aliphatic rings. The van der Waals surface area contributed by atoms with Crippen LogP contribution in [0.1, 0.15) is 113 Å². The predicted molar refractivity (Wildman–Crippen MR) is 153 cm³/mol. The van der Waals surface area contributed by atoms with Crippen molar-refractivity contribution in [3.05, 3.63) is 11.6 Å². The van der Waals surface area contributed by atoms with Crippen LogP contribution >= 0.6 is 0 Å². The monoisotopic (exact) mass is 536 g/mol. The van der Waals surface area contributed by atoms with Gasteiger partial charge in [0, 0.05) is 23.7 Å².